The molecular weight excluding hydrogens is 307 g/mol. The lowest BCUT2D eigenvalue weighted by Gasteiger charge is -2.19. The van der Waals surface area contributed by atoms with Crippen LogP contribution in [0, 0.1) is 0 Å². The molecule has 0 atom stereocenters. The molecule has 2 rings (SSSR count). The standard InChI is InChI=1S/C12H16F3N3O2S/c1-18(8-12(13,14)15)21(19,20)17-5-9-2-3-10-6-16-7-11(10)4-9/h2-4,16-17H,5-8H2,1H3. The Morgan fingerprint density at radius 1 is 1.29 bits per heavy atom. The van der Waals surface area contributed by atoms with Gasteiger partial charge < -0.3 is 5.32 Å². The summed E-state index contributed by atoms with van der Waals surface area (Å²) in [5.74, 6) is 0. The lowest BCUT2D eigenvalue weighted by atomic mass is 10.1. The van der Waals surface area contributed by atoms with Crippen LogP contribution in [0.25, 0.3) is 0 Å². The molecule has 0 unspecified atom stereocenters. The predicted octanol–water partition coefficient (Wildman–Crippen LogP) is 1.12. The van der Waals surface area contributed by atoms with Crippen LogP contribution in [-0.2, 0) is 29.8 Å². The summed E-state index contributed by atoms with van der Waals surface area (Å²) in [6, 6.07) is 5.50. The van der Waals surface area contributed by atoms with Gasteiger partial charge in [0.05, 0.1) is 0 Å². The van der Waals surface area contributed by atoms with Gasteiger partial charge in [0.1, 0.15) is 6.54 Å². The molecule has 2 N–H and O–H groups in total. The van der Waals surface area contributed by atoms with Gasteiger partial charge >= 0.3 is 6.18 Å². The first-order valence-electron chi connectivity index (χ1n) is 6.26. The van der Waals surface area contributed by atoms with Crippen molar-refractivity contribution in [2.75, 3.05) is 13.6 Å². The van der Waals surface area contributed by atoms with E-state index in [0.29, 0.717) is 12.1 Å². The molecule has 1 aromatic rings. The lowest BCUT2D eigenvalue weighted by Crippen LogP contribution is -2.42. The van der Waals surface area contributed by atoms with E-state index >= 15 is 0 Å². The number of rotatable bonds is 5. The van der Waals surface area contributed by atoms with Crippen molar-refractivity contribution < 1.29 is 21.6 Å². The summed E-state index contributed by atoms with van der Waals surface area (Å²) >= 11 is 0. The van der Waals surface area contributed by atoms with E-state index in [2.05, 4.69) is 10.0 Å². The maximum atomic E-state index is 12.2. The summed E-state index contributed by atoms with van der Waals surface area (Å²) in [4.78, 5) is 0. The minimum absolute atomic E-state index is 0.0438. The first kappa shape index (κ1) is 16.2. The minimum atomic E-state index is -4.57. The van der Waals surface area contributed by atoms with E-state index in [1.165, 1.54) is 0 Å². The van der Waals surface area contributed by atoms with Gasteiger partial charge in [-0.05, 0) is 16.7 Å². The largest absolute Gasteiger partial charge is 0.402 e. The zero-order valence-corrected chi connectivity index (χ0v) is 12.2. The first-order valence-corrected chi connectivity index (χ1v) is 7.70. The number of nitrogens with zero attached hydrogens (tertiary/aromatic N) is 1. The highest BCUT2D eigenvalue weighted by Gasteiger charge is 2.33. The number of halogens is 3. The highest BCUT2D eigenvalue weighted by molar-refractivity contribution is 7.87. The zero-order chi connectivity index (χ0) is 15.7. The molecule has 0 radical (unpaired) electrons. The van der Waals surface area contributed by atoms with Crippen molar-refractivity contribution in [1.82, 2.24) is 14.3 Å². The van der Waals surface area contributed by atoms with Crippen molar-refractivity contribution in [2.24, 2.45) is 0 Å². The summed E-state index contributed by atoms with van der Waals surface area (Å²) in [5.41, 5.74) is 2.94. The molecule has 0 bridgehead atoms. The second-order valence-corrected chi connectivity index (χ2v) is 6.77. The quantitative estimate of drug-likeness (QED) is 0.854. The average Bonchev–Trinajstić information content (AvgIpc) is 2.81. The van der Waals surface area contributed by atoms with Gasteiger partial charge in [0.25, 0.3) is 10.2 Å². The van der Waals surface area contributed by atoms with Crippen molar-refractivity contribution in [3.8, 4) is 0 Å². The molecule has 21 heavy (non-hydrogen) atoms. The summed E-state index contributed by atoms with van der Waals surface area (Å²) in [5, 5.41) is 3.16. The molecule has 5 nitrogen and oxygen atoms in total. The van der Waals surface area contributed by atoms with Crippen LogP contribution in [0.3, 0.4) is 0 Å². The van der Waals surface area contributed by atoms with Crippen molar-refractivity contribution in [2.45, 2.75) is 25.8 Å². The molecule has 1 heterocycles. The summed E-state index contributed by atoms with van der Waals surface area (Å²) < 4.78 is 62.5. The van der Waals surface area contributed by atoms with Crippen molar-refractivity contribution in [3.63, 3.8) is 0 Å². The van der Waals surface area contributed by atoms with Crippen LogP contribution in [0.2, 0.25) is 0 Å². The molecule has 0 aliphatic carbocycles. The number of nitrogens with one attached hydrogen (secondary N) is 2. The molecule has 0 saturated carbocycles. The van der Waals surface area contributed by atoms with Gasteiger partial charge in [-0.1, -0.05) is 18.2 Å². The normalized spacial score (nSPS) is 15.5. The Morgan fingerprint density at radius 2 is 1.95 bits per heavy atom. The third kappa shape index (κ3) is 4.40. The van der Waals surface area contributed by atoms with Gasteiger partial charge in [0, 0.05) is 26.7 Å². The molecule has 0 amide bonds. The first-order chi connectivity index (χ1) is 9.67. The second kappa shape index (κ2) is 5.91. The van der Waals surface area contributed by atoms with Crippen molar-refractivity contribution >= 4 is 10.2 Å². The van der Waals surface area contributed by atoms with Gasteiger partial charge in [-0.15, -0.1) is 0 Å². The molecule has 1 aromatic carbocycles. The molecule has 0 saturated heterocycles. The summed E-state index contributed by atoms with van der Waals surface area (Å²) in [6.45, 7) is -0.0756. The van der Waals surface area contributed by atoms with E-state index in [4.69, 9.17) is 0 Å². The number of fused-ring (bicyclic) bond motifs is 1. The van der Waals surface area contributed by atoms with Crippen LogP contribution >= 0.6 is 0 Å². The fraction of sp³-hybridized carbons (Fsp3) is 0.500. The van der Waals surface area contributed by atoms with E-state index < -0.39 is 22.9 Å². The third-order valence-electron chi connectivity index (χ3n) is 3.17. The lowest BCUT2D eigenvalue weighted by molar-refractivity contribution is -0.134. The highest BCUT2D eigenvalue weighted by Crippen LogP contribution is 2.18. The SMILES string of the molecule is CN(CC(F)(F)F)S(=O)(=O)NCc1ccc2c(c1)CNC2. The van der Waals surface area contributed by atoms with E-state index in [0.717, 1.165) is 24.7 Å². The number of hydrogen-bond acceptors (Lipinski definition) is 3. The van der Waals surface area contributed by atoms with Crippen LogP contribution in [0.5, 0.6) is 0 Å². The van der Waals surface area contributed by atoms with E-state index in [1.807, 2.05) is 12.1 Å². The molecule has 0 aromatic heterocycles. The molecule has 9 heteroatoms. The van der Waals surface area contributed by atoms with Gasteiger partial charge in [-0.3, -0.25) is 0 Å². The van der Waals surface area contributed by atoms with E-state index in [9.17, 15) is 21.6 Å². The van der Waals surface area contributed by atoms with Crippen LogP contribution in [-0.4, -0.2) is 32.5 Å². The van der Waals surface area contributed by atoms with Gasteiger partial charge in [0.2, 0.25) is 0 Å². The fourth-order valence-corrected chi connectivity index (χ4v) is 2.97. The Bertz CT molecular complexity index is 617. The topological polar surface area (TPSA) is 61.4 Å². The molecule has 1 aliphatic rings. The third-order valence-corrected chi connectivity index (χ3v) is 4.63. The maximum absolute atomic E-state index is 12.2. The zero-order valence-electron chi connectivity index (χ0n) is 11.4. The average molecular weight is 323 g/mol. The minimum Gasteiger partial charge on any atom is -0.309 e. The van der Waals surface area contributed by atoms with Crippen LogP contribution in [0.15, 0.2) is 18.2 Å². The number of alkyl halides is 3. The summed E-state index contributed by atoms with van der Waals surface area (Å²) in [6.07, 6.45) is -4.57. The molecule has 0 spiro atoms. The van der Waals surface area contributed by atoms with E-state index in [1.54, 1.807) is 6.07 Å². The monoisotopic (exact) mass is 323 g/mol. The van der Waals surface area contributed by atoms with Gasteiger partial charge in [0.15, 0.2) is 0 Å². The Hall–Kier alpha value is -1.16. The highest BCUT2D eigenvalue weighted by atomic mass is 32.2. The van der Waals surface area contributed by atoms with Crippen molar-refractivity contribution in [1.29, 1.82) is 0 Å². The summed E-state index contributed by atoms with van der Waals surface area (Å²) in [7, 11) is -3.27. The molecular formula is C12H16F3N3O2S. The van der Waals surface area contributed by atoms with Crippen LogP contribution in [0.1, 0.15) is 16.7 Å². The number of benzene rings is 1. The predicted molar refractivity (Wildman–Crippen MR) is 71.4 cm³/mol. The molecule has 0 fully saturated rings. The van der Waals surface area contributed by atoms with Crippen molar-refractivity contribution in [3.05, 3.63) is 34.9 Å². The number of hydrogen-bond donors (Lipinski definition) is 2. The van der Waals surface area contributed by atoms with Crippen LogP contribution < -0.4 is 10.0 Å². The van der Waals surface area contributed by atoms with E-state index in [-0.39, 0.29) is 10.8 Å². The fourth-order valence-electron chi connectivity index (χ4n) is 2.08. The van der Waals surface area contributed by atoms with Gasteiger partial charge in [-0.25, -0.2) is 0 Å². The Balaban J connectivity index is 1.98. The molecule has 1 aliphatic heterocycles. The Labute approximate surface area is 121 Å². The van der Waals surface area contributed by atoms with Gasteiger partial charge in [-0.2, -0.15) is 30.6 Å². The Kier molecular flexibility index (Phi) is 4.57. The van der Waals surface area contributed by atoms with Crippen LogP contribution in [0.4, 0.5) is 13.2 Å². The second-order valence-electron chi connectivity index (χ2n) is 4.90. The molecule has 118 valence electrons. The Morgan fingerprint density at radius 3 is 2.62 bits per heavy atom. The maximum Gasteiger partial charge on any atom is 0.402 e. The smallest absolute Gasteiger partial charge is 0.309 e.